The first-order valence-electron chi connectivity index (χ1n) is 6.17. The predicted octanol–water partition coefficient (Wildman–Crippen LogP) is 3.36. The van der Waals surface area contributed by atoms with Crippen molar-refractivity contribution in [2.45, 2.75) is 66.3 Å². The molecule has 0 saturated heterocycles. The van der Waals surface area contributed by atoms with Gasteiger partial charge in [0.1, 0.15) is 0 Å². The van der Waals surface area contributed by atoms with Crippen LogP contribution in [0.4, 0.5) is 0 Å². The fourth-order valence-corrected chi connectivity index (χ4v) is 1.98. The molecule has 1 rings (SSSR count). The SMILES string of the molecule is CCCC1=C(CCC(C)(C)C)NNC1C. The zero-order chi connectivity index (χ0) is 11.5. The lowest BCUT2D eigenvalue weighted by atomic mass is 9.88. The molecule has 0 radical (unpaired) electrons. The van der Waals surface area contributed by atoms with E-state index in [1.165, 1.54) is 31.4 Å². The van der Waals surface area contributed by atoms with E-state index >= 15 is 0 Å². The second kappa shape index (κ2) is 5.02. The highest BCUT2D eigenvalue weighted by atomic mass is 15.4. The van der Waals surface area contributed by atoms with Crippen LogP contribution in [0.5, 0.6) is 0 Å². The van der Waals surface area contributed by atoms with Crippen molar-refractivity contribution in [3.63, 3.8) is 0 Å². The minimum Gasteiger partial charge on any atom is -0.325 e. The second-order valence-electron chi connectivity index (χ2n) is 5.81. The van der Waals surface area contributed by atoms with Gasteiger partial charge in [0.25, 0.3) is 0 Å². The van der Waals surface area contributed by atoms with E-state index in [9.17, 15) is 0 Å². The molecule has 0 aromatic carbocycles. The molecule has 2 heteroatoms. The largest absolute Gasteiger partial charge is 0.325 e. The van der Waals surface area contributed by atoms with Crippen molar-refractivity contribution >= 4 is 0 Å². The Kier molecular flexibility index (Phi) is 4.21. The third kappa shape index (κ3) is 3.86. The molecule has 1 aliphatic rings. The maximum Gasteiger partial charge on any atom is 0.0461 e. The summed E-state index contributed by atoms with van der Waals surface area (Å²) < 4.78 is 0. The molecule has 0 aliphatic carbocycles. The van der Waals surface area contributed by atoms with Gasteiger partial charge in [0.05, 0.1) is 0 Å². The van der Waals surface area contributed by atoms with Crippen LogP contribution in [0.25, 0.3) is 0 Å². The lowest BCUT2D eigenvalue weighted by molar-refractivity contribution is 0.373. The molecule has 1 aliphatic heterocycles. The van der Waals surface area contributed by atoms with Crippen molar-refractivity contribution in [3.05, 3.63) is 11.3 Å². The molecule has 2 nitrogen and oxygen atoms in total. The molecular weight excluding hydrogens is 184 g/mol. The first-order chi connectivity index (χ1) is 6.94. The first kappa shape index (κ1) is 12.6. The normalized spacial score (nSPS) is 22.1. The molecule has 15 heavy (non-hydrogen) atoms. The number of hydrogen-bond donors (Lipinski definition) is 2. The van der Waals surface area contributed by atoms with Crippen molar-refractivity contribution in [1.29, 1.82) is 0 Å². The van der Waals surface area contributed by atoms with E-state index in [4.69, 9.17) is 0 Å². The van der Waals surface area contributed by atoms with Crippen molar-refractivity contribution < 1.29 is 0 Å². The molecular formula is C13H26N2. The van der Waals surface area contributed by atoms with Crippen LogP contribution >= 0.6 is 0 Å². The van der Waals surface area contributed by atoms with E-state index in [0.29, 0.717) is 11.5 Å². The fraction of sp³-hybridized carbons (Fsp3) is 0.846. The zero-order valence-corrected chi connectivity index (χ0v) is 10.9. The summed E-state index contributed by atoms with van der Waals surface area (Å²) in [6.07, 6.45) is 4.88. The summed E-state index contributed by atoms with van der Waals surface area (Å²) in [4.78, 5) is 0. The Morgan fingerprint density at radius 1 is 1.20 bits per heavy atom. The van der Waals surface area contributed by atoms with E-state index in [2.05, 4.69) is 45.5 Å². The highest BCUT2D eigenvalue weighted by Gasteiger charge is 2.21. The van der Waals surface area contributed by atoms with Crippen molar-refractivity contribution in [2.24, 2.45) is 5.41 Å². The Hall–Kier alpha value is -0.500. The molecule has 1 heterocycles. The molecule has 0 bridgehead atoms. The zero-order valence-electron chi connectivity index (χ0n) is 10.9. The van der Waals surface area contributed by atoms with E-state index in [-0.39, 0.29) is 0 Å². The van der Waals surface area contributed by atoms with Gasteiger partial charge in [-0.15, -0.1) is 0 Å². The van der Waals surface area contributed by atoms with Crippen LogP contribution in [0.1, 0.15) is 60.3 Å². The number of hydrazine groups is 1. The van der Waals surface area contributed by atoms with Gasteiger partial charge in [0.15, 0.2) is 0 Å². The number of allylic oxidation sites excluding steroid dienone is 1. The van der Waals surface area contributed by atoms with Crippen molar-refractivity contribution in [3.8, 4) is 0 Å². The molecule has 0 saturated carbocycles. The summed E-state index contributed by atoms with van der Waals surface area (Å²) in [6.45, 7) is 11.4. The number of nitrogens with one attached hydrogen (secondary N) is 2. The third-order valence-corrected chi connectivity index (χ3v) is 2.99. The topological polar surface area (TPSA) is 24.1 Å². The van der Waals surface area contributed by atoms with Gasteiger partial charge in [0.2, 0.25) is 0 Å². The van der Waals surface area contributed by atoms with Gasteiger partial charge >= 0.3 is 0 Å². The summed E-state index contributed by atoms with van der Waals surface area (Å²) in [6, 6.07) is 0.514. The second-order valence-corrected chi connectivity index (χ2v) is 5.81. The monoisotopic (exact) mass is 210 g/mol. The Labute approximate surface area is 94.5 Å². The molecule has 0 aromatic rings. The first-order valence-corrected chi connectivity index (χ1v) is 6.17. The van der Waals surface area contributed by atoms with Crippen LogP contribution in [0.2, 0.25) is 0 Å². The molecule has 0 amide bonds. The highest BCUT2D eigenvalue weighted by molar-refractivity contribution is 5.22. The van der Waals surface area contributed by atoms with Gasteiger partial charge in [-0.25, -0.2) is 5.43 Å². The molecule has 0 spiro atoms. The van der Waals surface area contributed by atoms with E-state index in [1.807, 2.05) is 0 Å². The molecule has 2 N–H and O–H groups in total. The Bertz CT molecular complexity index is 235. The molecule has 1 unspecified atom stereocenters. The predicted molar refractivity (Wildman–Crippen MR) is 66.4 cm³/mol. The molecule has 0 aromatic heterocycles. The lowest BCUT2D eigenvalue weighted by Crippen LogP contribution is -2.30. The van der Waals surface area contributed by atoms with Crippen LogP contribution in [-0.4, -0.2) is 6.04 Å². The summed E-state index contributed by atoms with van der Waals surface area (Å²) in [5.41, 5.74) is 10.1. The van der Waals surface area contributed by atoms with E-state index in [1.54, 1.807) is 5.57 Å². The van der Waals surface area contributed by atoms with Crippen molar-refractivity contribution in [2.75, 3.05) is 0 Å². The summed E-state index contributed by atoms with van der Waals surface area (Å²) >= 11 is 0. The van der Waals surface area contributed by atoms with Gasteiger partial charge in [0, 0.05) is 11.7 Å². The minimum absolute atomic E-state index is 0.428. The quantitative estimate of drug-likeness (QED) is 0.743. The van der Waals surface area contributed by atoms with Crippen LogP contribution in [0, 0.1) is 5.41 Å². The van der Waals surface area contributed by atoms with E-state index < -0.39 is 0 Å². The maximum atomic E-state index is 3.34. The summed E-state index contributed by atoms with van der Waals surface area (Å²) in [5, 5.41) is 0. The smallest absolute Gasteiger partial charge is 0.0461 e. The van der Waals surface area contributed by atoms with Crippen LogP contribution in [0.15, 0.2) is 11.3 Å². The fourth-order valence-electron chi connectivity index (χ4n) is 1.98. The molecule has 1 atom stereocenters. The lowest BCUT2D eigenvalue weighted by Gasteiger charge is -2.18. The minimum atomic E-state index is 0.428. The third-order valence-electron chi connectivity index (χ3n) is 2.99. The number of hydrogen-bond acceptors (Lipinski definition) is 2. The Balaban J connectivity index is 2.57. The van der Waals surface area contributed by atoms with Gasteiger partial charge in [-0.3, -0.25) is 0 Å². The van der Waals surface area contributed by atoms with Crippen molar-refractivity contribution in [1.82, 2.24) is 10.9 Å². The molecule has 88 valence electrons. The summed E-state index contributed by atoms with van der Waals surface area (Å²) in [5.74, 6) is 0. The Morgan fingerprint density at radius 3 is 2.40 bits per heavy atom. The van der Waals surface area contributed by atoms with Gasteiger partial charge < -0.3 is 5.43 Å². The van der Waals surface area contributed by atoms with Gasteiger partial charge in [-0.2, -0.15) is 0 Å². The standard InChI is InChI=1S/C13H26N2/c1-6-7-11-10(2)14-15-12(11)8-9-13(3,4)5/h10,14-15H,6-9H2,1-5H3. The molecule has 0 fully saturated rings. The average molecular weight is 210 g/mol. The van der Waals surface area contributed by atoms with E-state index in [0.717, 1.165) is 0 Å². The summed E-state index contributed by atoms with van der Waals surface area (Å²) in [7, 11) is 0. The Morgan fingerprint density at radius 2 is 1.87 bits per heavy atom. The van der Waals surface area contributed by atoms with Crippen LogP contribution < -0.4 is 10.9 Å². The average Bonchev–Trinajstić information content (AvgIpc) is 2.45. The van der Waals surface area contributed by atoms with Crippen LogP contribution in [0.3, 0.4) is 0 Å². The van der Waals surface area contributed by atoms with Crippen LogP contribution in [-0.2, 0) is 0 Å². The maximum absolute atomic E-state index is 3.34. The highest BCUT2D eigenvalue weighted by Crippen LogP contribution is 2.27. The van der Waals surface area contributed by atoms with Gasteiger partial charge in [-0.1, -0.05) is 34.1 Å². The van der Waals surface area contributed by atoms with Gasteiger partial charge in [-0.05, 0) is 37.2 Å². The number of rotatable bonds is 4.